The van der Waals surface area contributed by atoms with Gasteiger partial charge in [-0.3, -0.25) is 0 Å². The molecule has 1 rings (SSSR count). The monoisotopic (exact) mass is 286 g/mol. The van der Waals surface area contributed by atoms with Crippen molar-refractivity contribution in [2.45, 2.75) is 13.5 Å². The van der Waals surface area contributed by atoms with E-state index in [2.05, 4.69) is 22.5 Å². The van der Waals surface area contributed by atoms with Crippen molar-refractivity contribution in [3.05, 3.63) is 34.8 Å². The Kier molecular flexibility index (Phi) is 5.35. The van der Waals surface area contributed by atoms with Gasteiger partial charge in [-0.1, -0.05) is 28.6 Å². The summed E-state index contributed by atoms with van der Waals surface area (Å²) in [4.78, 5) is 0. The summed E-state index contributed by atoms with van der Waals surface area (Å²) >= 11 is 3.22. The largest absolute Gasteiger partial charge is 0.490 e. The van der Waals surface area contributed by atoms with E-state index in [4.69, 9.17) is 14.6 Å². The summed E-state index contributed by atoms with van der Waals surface area (Å²) in [6, 6.07) is 5.36. The van der Waals surface area contributed by atoms with Gasteiger partial charge < -0.3 is 14.6 Å². The molecule has 16 heavy (non-hydrogen) atoms. The quantitative estimate of drug-likeness (QED) is 0.874. The number of rotatable bonds is 6. The van der Waals surface area contributed by atoms with E-state index in [1.807, 2.05) is 6.92 Å². The first-order valence-corrected chi connectivity index (χ1v) is 5.79. The van der Waals surface area contributed by atoms with Gasteiger partial charge in [0.15, 0.2) is 11.5 Å². The molecule has 88 valence electrons. The summed E-state index contributed by atoms with van der Waals surface area (Å²) in [6.45, 7) is 6.53. The zero-order valence-corrected chi connectivity index (χ0v) is 10.8. The first kappa shape index (κ1) is 13.1. The fraction of sp³-hybridized carbons (Fsp3) is 0.333. The molecule has 0 unspecified atom stereocenters. The normalized spacial score (nSPS) is 9.94. The van der Waals surface area contributed by atoms with Crippen molar-refractivity contribution < 1.29 is 14.6 Å². The standard InChI is InChI=1S/C12H15BrO3/c1-3-15-12-6-10(7-14)4-5-11(12)16-8-9(2)13/h4-6,14H,2-3,7-8H2,1H3. The number of aliphatic hydroxyl groups excluding tert-OH is 1. The van der Waals surface area contributed by atoms with Crippen LogP contribution in [0, 0.1) is 0 Å². The third-order valence-corrected chi connectivity index (χ3v) is 2.10. The van der Waals surface area contributed by atoms with Gasteiger partial charge >= 0.3 is 0 Å². The van der Waals surface area contributed by atoms with E-state index in [0.717, 1.165) is 10.0 Å². The van der Waals surface area contributed by atoms with Crippen LogP contribution in [0.5, 0.6) is 11.5 Å². The molecule has 0 aromatic heterocycles. The molecule has 0 saturated heterocycles. The Labute approximate surface area is 104 Å². The van der Waals surface area contributed by atoms with E-state index >= 15 is 0 Å². The molecule has 0 aliphatic rings. The molecule has 0 aliphatic carbocycles. The average molecular weight is 287 g/mol. The Morgan fingerprint density at radius 1 is 1.38 bits per heavy atom. The number of benzene rings is 1. The lowest BCUT2D eigenvalue weighted by Crippen LogP contribution is -2.01. The van der Waals surface area contributed by atoms with Gasteiger partial charge in [0, 0.05) is 4.48 Å². The average Bonchev–Trinajstić information content (AvgIpc) is 2.27. The Morgan fingerprint density at radius 3 is 2.69 bits per heavy atom. The van der Waals surface area contributed by atoms with E-state index in [0.29, 0.717) is 24.7 Å². The minimum Gasteiger partial charge on any atom is -0.490 e. The lowest BCUT2D eigenvalue weighted by Gasteiger charge is -2.12. The zero-order chi connectivity index (χ0) is 12.0. The van der Waals surface area contributed by atoms with Crippen LogP contribution in [0.15, 0.2) is 29.3 Å². The Bertz CT molecular complexity index is 363. The summed E-state index contributed by atoms with van der Waals surface area (Å²) in [7, 11) is 0. The van der Waals surface area contributed by atoms with E-state index in [-0.39, 0.29) is 6.61 Å². The summed E-state index contributed by atoms with van der Waals surface area (Å²) in [6.07, 6.45) is 0. The molecule has 0 heterocycles. The molecule has 1 aromatic rings. The van der Waals surface area contributed by atoms with Gasteiger partial charge in [-0.25, -0.2) is 0 Å². The predicted molar refractivity (Wildman–Crippen MR) is 67.1 cm³/mol. The minimum atomic E-state index is -0.00843. The van der Waals surface area contributed by atoms with Crippen LogP contribution in [0.2, 0.25) is 0 Å². The van der Waals surface area contributed by atoms with Crippen LogP contribution in [0.4, 0.5) is 0 Å². The fourth-order valence-corrected chi connectivity index (χ4v) is 1.31. The third-order valence-electron chi connectivity index (χ3n) is 1.87. The Hall–Kier alpha value is -1.00. The summed E-state index contributed by atoms with van der Waals surface area (Å²) in [5.41, 5.74) is 0.800. The Balaban J connectivity index is 2.84. The second kappa shape index (κ2) is 6.55. The maximum Gasteiger partial charge on any atom is 0.161 e. The molecule has 0 amide bonds. The van der Waals surface area contributed by atoms with E-state index in [1.54, 1.807) is 18.2 Å². The highest BCUT2D eigenvalue weighted by Crippen LogP contribution is 2.29. The molecular weight excluding hydrogens is 272 g/mol. The molecule has 0 spiro atoms. The maximum atomic E-state index is 9.02. The summed E-state index contributed by atoms with van der Waals surface area (Å²) in [5, 5.41) is 9.02. The van der Waals surface area contributed by atoms with Crippen molar-refractivity contribution in [2.75, 3.05) is 13.2 Å². The number of ether oxygens (including phenoxy) is 2. The van der Waals surface area contributed by atoms with Gasteiger partial charge in [0.1, 0.15) is 6.61 Å². The van der Waals surface area contributed by atoms with Crippen LogP contribution in [0.25, 0.3) is 0 Å². The van der Waals surface area contributed by atoms with Gasteiger partial charge in [0.2, 0.25) is 0 Å². The topological polar surface area (TPSA) is 38.7 Å². The molecule has 0 atom stereocenters. The number of aliphatic hydroxyl groups is 1. The molecule has 0 aliphatic heterocycles. The first-order valence-electron chi connectivity index (χ1n) is 5.00. The molecule has 0 saturated carbocycles. The highest BCUT2D eigenvalue weighted by Gasteiger charge is 2.06. The second-order valence-corrected chi connectivity index (χ2v) is 4.30. The van der Waals surface area contributed by atoms with Crippen LogP contribution in [0.3, 0.4) is 0 Å². The van der Waals surface area contributed by atoms with Crippen molar-refractivity contribution >= 4 is 15.9 Å². The van der Waals surface area contributed by atoms with E-state index in [9.17, 15) is 0 Å². The summed E-state index contributed by atoms with van der Waals surface area (Å²) < 4.78 is 11.7. The van der Waals surface area contributed by atoms with Gasteiger partial charge in [-0.05, 0) is 24.6 Å². The number of hydrogen-bond donors (Lipinski definition) is 1. The van der Waals surface area contributed by atoms with Gasteiger partial charge in [0.25, 0.3) is 0 Å². The van der Waals surface area contributed by atoms with Gasteiger partial charge in [-0.2, -0.15) is 0 Å². The number of halogens is 1. The lowest BCUT2D eigenvalue weighted by atomic mass is 10.2. The van der Waals surface area contributed by atoms with Crippen LogP contribution < -0.4 is 9.47 Å². The van der Waals surface area contributed by atoms with Gasteiger partial charge in [0.05, 0.1) is 13.2 Å². The molecule has 0 bridgehead atoms. The Morgan fingerprint density at radius 2 is 2.12 bits per heavy atom. The van der Waals surface area contributed by atoms with Crippen LogP contribution in [-0.4, -0.2) is 18.3 Å². The van der Waals surface area contributed by atoms with E-state index < -0.39 is 0 Å². The lowest BCUT2D eigenvalue weighted by molar-refractivity contribution is 0.275. The number of hydrogen-bond acceptors (Lipinski definition) is 3. The molecule has 1 N–H and O–H groups in total. The maximum absolute atomic E-state index is 9.02. The third kappa shape index (κ3) is 3.87. The first-order chi connectivity index (χ1) is 7.67. The van der Waals surface area contributed by atoms with E-state index in [1.165, 1.54) is 0 Å². The smallest absolute Gasteiger partial charge is 0.161 e. The summed E-state index contributed by atoms with van der Waals surface area (Å²) in [5.74, 6) is 1.29. The zero-order valence-electron chi connectivity index (χ0n) is 9.20. The van der Waals surface area contributed by atoms with Crippen molar-refractivity contribution in [1.82, 2.24) is 0 Å². The second-order valence-electron chi connectivity index (χ2n) is 3.18. The fourth-order valence-electron chi connectivity index (χ4n) is 1.19. The van der Waals surface area contributed by atoms with Crippen molar-refractivity contribution in [3.63, 3.8) is 0 Å². The predicted octanol–water partition coefficient (Wildman–Crippen LogP) is 2.87. The molecule has 3 nitrogen and oxygen atoms in total. The van der Waals surface area contributed by atoms with Crippen LogP contribution >= 0.6 is 15.9 Å². The highest BCUT2D eigenvalue weighted by molar-refractivity contribution is 9.11. The van der Waals surface area contributed by atoms with Crippen molar-refractivity contribution in [3.8, 4) is 11.5 Å². The van der Waals surface area contributed by atoms with Crippen molar-refractivity contribution in [1.29, 1.82) is 0 Å². The SMILES string of the molecule is C=C(Br)COc1ccc(CO)cc1OCC. The van der Waals surface area contributed by atoms with Crippen LogP contribution in [0.1, 0.15) is 12.5 Å². The molecule has 4 heteroatoms. The molecule has 1 aromatic carbocycles. The molecule has 0 fully saturated rings. The van der Waals surface area contributed by atoms with Gasteiger partial charge in [-0.15, -0.1) is 0 Å². The van der Waals surface area contributed by atoms with Crippen molar-refractivity contribution in [2.24, 2.45) is 0 Å². The van der Waals surface area contributed by atoms with Crippen LogP contribution in [-0.2, 0) is 6.61 Å². The molecular formula is C12H15BrO3. The molecule has 0 radical (unpaired) electrons. The minimum absolute atomic E-state index is 0.00843. The highest BCUT2D eigenvalue weighted by atomic mass is 79.9.